The van der Waals surface area contributed by atoms with Crippen molar-refractivity contribution in [2.75, 3.05) is 126 Å². The van der Waals surface area contributed by atoms with Gasteiger partial charge in [-0.3, -0.25) is 9.69 Å². The Labute approximate surface area is 330 Å². The van der Waals surface area contributed by atoms with E-state index in [-0.39, 0.29) is 37.2 Å². The highest BCUT2D eigenvalue weighted by atomic mass is 19.4. The predicted octanol–water partition coefficient (Wildman–Crippen LogP) is 5.33. The van der Waals surface area contributed by atoms with Crippen LogP contribution in [-0.2, 0) is 66.4 Å². The average Bonchev–Trinajstić information content (AvgIpc) is 3.18. The van der Waals surface area contributed by atoms with E-state index < -0.39 is 42.2 Å². The molecule has 57 heavy (non-hydrogen) atoms. The Bertz CT molecular complexity index is 1330. The Hall–Kier alpha value is -2.91. The summed E-state index contributed by atoms with van der Waals surface area (Å²) in [4.78, 5) is 14.8. The van der Waals surface area contributed by atoms with E-state index in [4.69, 9.17) is 42.6 Å². The molecule has 1 amide bonds. The van der Waals surface area contributed by atoms with Crippen LogP contribution in [-0.4, -0.2) is 143 Å². The van der Waals surface area contributed by atoms with Gasteiger partial charge in [-0.2, -0.15) is 26.3 Å². The molecule has 0 radical (unpaired) electrons. The number of rotatable bonds is 30. The molecule has 1 heterocycles. The fourth-order valence-electron chi connectivity index (χ4n) is 5.83. The van der Waals surface area contributed by atoms with Gasteiger partial charge >= 0.3 is 12.4 Å². The number of alkyl halides is 6. The van der Waals surface area contributed by atoms with Gasteiger partial charge in [0.05, 0.1) is 136 Å². The summed E-state index contributed by atoms with van der Waals surface area (Å²) in [5.74, 6) is -0.265. The second kappa shape index (κ2) is 27.7. The minimum absolute atomic E-state index is 0.00561. The minimum Gasteiger partial charge on any atom is -0.382 e. The van der Waals surface area contributed by atoms with Gasteiger partial charge in [-0.05, 0) is 48.7 Å². The molecule has 3 rings (SSSR count). The number of nitrogens with one attached hydrogen (secondary N) is 1. The van der Waals surface area contributed by atoms with E-state index >= 15 is 0 Å². The zero-order valence-electron chi connectivity index (χ0n) is 32.4. The SMILES string of the molecule is COCCOCCOCCOCCOCCOCCOCCOCCNC(=O)CN1CCC[C@H](OCc2cc(C(F)(F)F)cc(C(F)(F)F)c2)[C@@H]1c1ccccc1. The molecular weight excluding hydrogens is 770 g/mol. The van der Waals surface area contributed by atoms with E-state index in [1.807, 2.05) is 35.2 Å². The van der Waals surface area contributed by atoms with Crippen LogP contribution in [0.2, 0.25) is 0 Å². The first-order chi connectivity index (χ1) is 27.5. The van der Waals surface area contributed by atoms with Crippen molar-refractivity contribution in [2.45, 2.75) is 43.9 Å². The maximum Gasteiger partial charge on any atom is 0.416 e. The average molecular weight is 827 g/mol. The van der Waals surface area contributed by atoms with Gasteiger partial charge in [0.15, 0.2) is 0 Å². The van der Waals surface area contributed by atoms with Gasteiger partial charge in [-0.1, -0.05) is 30.3 Å². The van der Waals surface area contributed by atoms with Crippen molar-refractivity contribution in [3.63, 3.8) is 0 Å². The number of carbonyl (C=O) groups is 1. The number of halogens is 6. The second-order valence-corrected chi connectivity index (χ2v) is 12.9. The molecule has 0 spiro atoms. The van der Waals surface area contributed by atoms with E-state index in [2.05, 4.69) is 5.32 Å². The van der Waals surface area contributed by atoms with Crippen LogP contribution in [0.4, 0.5) is 26.3 Å². The molecular formula is C39H56F6N2O10. The number of likely N-dealkylation sites (tertiary alicyclic amines) is 1. The number of hydrogen-bond donors (Lipinski definition) is 1. The highest BCUT2D eigenvalue weighted by Crippen LogP contribution is 2.38. The van der Waals surface area contributed by atoms with Crippen molar-refractivity contribution >= 4 is 5.91 Å². The zero-order valence-corrected chi connectivity index (χ0v) is 32.4. The first kappa shape index (κ1) is 48.5. The molecule has 2 aromatic carbocycles. The Morgan fingerprint density at radius 3 is 1.58 bits per heavy atom. The summed E-state index contributed by atoms with van der Waals surface area (Å²) in [6, 6.07) is 10.1. The minimum atomic E-state index is -4.96. The van der Waals surface area contributed by atoms with Gasteiger partial charge in [0.2, 0.25) is 5.91 Å². The van der Waals surface area contributed by atoms with Crippen LogP contribution in [0.25, 0.3) is 0 Å². The topological polar surface area (TPSA) is 115 Å². The van der Waals surface area contributed by atoms with E-state index in [9.17, 15) is 31.1 Å². The van der Waals surface area contributed by atoms with Crippen LogP contribution < -0.4 is 5.32 Å². The third-order valence-corrected chi connectivity index (χ3v) is 8.51. The lowest BCUT2D eigenvalue weighted by Gasteiger charge is -2.41. The molecule has 0 aliphatic carbocycles. The molecule has 1 N–H and O–H groups in total. The zero-order chi connectivity index (χ0) is 41.2. The van der Waals surface area contributed by atoms with Crippen molar-refractivity contribution < 1.29 is 73.8 Å². The van der Waals surface area contributed by atoms with E-state index in [0.29, 0.717) is 124 Å². The number of piperidine rings is 1. The van der Waals surface area contributed by atoms with Gasteiger partial charge in [-0.15, -0.1) is 0 Å². The summed E-state index contributed by atoms with van der Waals surface area (Å²) in [5.41, 5.74) is -2.23. The molecule has 0 bridgehead atoms. The molecule has 0 saturated carbocycles. The molecule has 0 aromatic heterocycles. The van der Waals surface area contributed by atoms with Gasteiger partial charge in [0.1, 0.15) is 0 Å². The van der Waals surface area contributed by atoms with Crippen LogP contribution in [0, 0.1) is 0 Å². The van der Waals surface area contributed by atoms with Crippen LogP contribution in [0.3, 0.4) is 0 Å². The standard InChI is InChI=1S/C39H56F6N2O10/c1-49-12-13-51-16-17-53-20-21-55-24-25-56-23-22-54-19-18-52-15-14-50-11-9-46-36(48)29-47-10-5-8-35(37(47)32-6-3-2-4-7-32)57-30-31-26-33(38(40,41)42)28-34(27-31)39(43,44)45/h2-4,6-7,26-28,35,37H,5,8-25,29-30H2,1H3,(H,46,48)/t35-,37-/m0/s1. The second-order valence-electron chi connectivity index (χ2n) is 12.9. The summed E-state index contributed by atoms with van der Waals surface area (Å²) >= 11 is 0. The monoisotopic (exact) mass is 826 g/mol. The maximum absolute atomic E-state index is 13.4. The molecule has 324 valence electrons. The molecule has 2 atom stereocenters. The first-order valence-corrected chi connectivity index (χ1v) is 19.0. The molecule has 1 saturated heterocycles. The molecule has 1 fully saturated rings. The molecule has 18 heteroatoms. The quantitative estimate of drug-likeness (QED) is 0.0816. The number of benzene rings is 2. The number of hydrogen-bond acceptors (Lipinski definition) is 11. The summed E-state index contributed by atoms with van der Waals surface area (Å²) in [6.07, 6.45) is -9.40. The molecule has 12 nitrogen and oxygen atoms in total. The van der Waals surface area contributed by atoms with E-state index in [1.54, 1.807) is 7.11 Å². The number of ether oxygens (including phenoxy) is 9. The predicted molar refractivity (Wildman–Crippen MR) is 196 cm³/mol. The third-order valence-electron chi connectivity index (χ3n) is 8.51. The number of methoxy groups -OCH3 is 1. The normalized spacial score (nSPS) is 16.6. The van der Waals surface area contributed by atoms with Crippen LogP contribution in [0.5, 0.6) is 0 Å². The highest BCUT2D eigenvalue weighted by Gasteiger charge is 2.38. The Morgan fingerprint density at radius 2 is 1.12 bits per heavy atom. The van der Waals surface area contributed by atoms with Crippen LogP contribution >= 0.6 is 0 Å². The fraction of sp³-hybridized carbons (Fsp3) is 0.667. The van der Waals surface area contributed by atoms with Gasteiger partial charge < -0.3 is 47.9 Å². The number of carbonyl (C=O) groups excluding carboxylic acids is 1. The molecule has 2 aromatic rings. The van der Waals surface area contributed by atoms with Crippen molar-refractivity contribution in [2.24, 2.45) is 0 Å². The summed E-state index contributed by atoms with van der Waals surface area (Å²) in [7, 11) is 1.62. The number of amides is 1. The van der Waals surface area contributed by atoms with Crippen LogP contribution in [0.15, 0.2) is 48.5 Å². The summed E-state index contributed by atoms with van der Waals surface area (Å²) < 4.78 is 130. The van der Waals surface area contributed by atoms with Gasteiger partial charge in [0, 0.05) is 13.7 Å². The smallest absolute Gasteiger partial charge is 0.382 e. The van der Waals surface area contributed by atoms with Crippen molar-refractivity contribution in [3.05, 3.63) is 70.8 Å². The lowest BCUT2D eigenvalue weighted by atomic mass is 9.92. The molecule has 1 aliphatic rings. The van der Waals surface area contributed by atoms with E-state index in [0.717, 1.165) is 5.56 Å². The van der Waals surface area contributed by atoms with Crippen molar-refractivity contribution in [3.8, 4) is 0 Å². The lowest BCUT2D eigenvalue weighted by molar-refractivity contribution is -0.143. The largest absolute Gasteiger partial charge is 0.416 e. The van der Waals surface area contributed by atoms with Gasteiger partial charge in [0.25, 0.3) is 0 Å². The Balaban J connectivity index is 1.26. The van der Waals surface area contributed by atoms with E-state index in [1.165, 1.54) is 0 Å². The number of nitrogens with zero attached hydrogens (tertiary/aromatic N) is 1. The summed E-state index contributed by atoms with van der Waals surface area (Å²) in [6.45, 7) is 6.93. The van der Waals surface area contributed by atoms with Crippen molar-refractivity contribution in [1.29, 1.82) is 0 Å². The summed E-state index contributed by atoms with van der Waals surface area (Å²) in [5, 5.41) is 2.83. The lowest BCUT2D eigenvalue weighted by Crippen LogP contribution is -2.47. The maximum atomic E-state index is 13.4. The molecule has 0 unspecified atom stereocenters. The third kappa shape index (κ3) is 20.6. The highest BCUT2D eigenvalue weighted by molar-refractivity contribution is 5.78. The molecule has 1 aliphatic heterocycles. The Kier molecular flexibility index (Phi) is 23.6. The fourth-order valence-corrected chi connectivity index (χ4v) is 5.83. The Morgan fingerprint density at radius 1 is 0.667 bits per heavy atom. The van der Waals surface area contributed by atoms with Crippen molar-refractivity contribution in [1.82, 2.24) is 10.2 Å². The van der Waals surface area contributed by atoms with Crippen LogP contribution in [0.1, 0.15) is 41.1 Å². The van der Waals surface area contributed by atoms with Gasteiger partial charge in [-0.25, -0.2) is 0 Å². The first-order valence-electron chi connectivity index (χ1n) is 19.0.